The summed E-state index contributed by atoms with van der Waals surface area (Å²) in [6, 6.07) is 4.57. The third-order valence-corrected chi connectivity index (χ3v) is 2.20. The van der Waals surface area contributed by atoms with Gasteiger partial charge in [0.2, 0.25) is 0 Å². The van der Waals surface area contributed by atoms with Crippen LogP contribution in [0, 0.1) is 0 Å². The first-order chi connectivity index (χ1) is 8.67. The zero-order chi connectivity index (χ0) is 13.4. The molecule has 0 atom stereocenters. The Morgan fingerprint density at radius 2 is 2.17 bits per heavy atom. The van der Waals surface area contributed by atoms with Gasteiger partial charge in [-0.25, -0.2) is 10.3 Å². The Morgan fingerprint density at radius 1 is 1.39 bits per heavy atom. The van der Waals surface area contributed by atoms with Crippen molar-refractivity contribution in [1.82, 2.24) is 5.48 Å². The summed E-state index contributed by atoms with van der Waals surface area (Å²) in [6.07, 6.45) is 0.882. The Kier molecular flexibility index (Phi) is 6.32. The average Bonchev–Trinajstić information content (AvgIpc) is 2.35. The molecule has 0 heterocycles. The van der Waals surface area contributed by atoms with Crippen LogP contribution in [0.4, 0.5) is 10.5 Å². The number of ether oxygens (including phenoxy) is 1. The molecule has 0 unspecified atom stereocenters. The zero-order valence-corrected chi connectivity index (χ0v) is 11.2. The maximum atomic E-state index is 11.5. The number of urea groups is 1. The largest absolute Gasteiger partial charge is 0.491 e. The van der Waals surface area contributed by atoms with E-state index in [-0.39, 0.29) is 0 Å². The molecule has 5 nitrogen and oxygen atoms in total. The van der Waals surface area contributed by atoms with Crippen molar-refractivity contribution in [2.75, 3.05) is 18.5 Å². The number of hydroxylamine groups is 1. The minimum absolute atomic E-state index is 0.391. The predicted molar refractivity (Wildman–Crippen MR) is 71.0 cm³/mol. The van der Waals surface area contributed by atoms with Crippen LogP contribution in [0.1, 0.15) is 20.3 Å². The van der Waals surface area contributed by atoms with E-state index in [1.807, 2.05) is 6.92 Å². The highest BCUT2D eigenvalue weighted by atomic mass is 35.5. The minimum Gasteiger partial charge on any atom is -0.491 e. The number of rotatable bonds is 6. The van der Waals surface area contributed by atoms with Gasteiger partial charge < -0.3 is 10.1 Å². The van der Waals surface area contributed by atoms with Crippen LogP contribution in [0.2, 0.25) is 5.02 Å². The molecule has 6 heteroatoms. The van der Waals surface area contributed by atoms with Crippen LogP contribution in [-0.4, -0.2) is 19.2 Å². The van der Waals surface area contributed by atoms with Gasteiger partial charge in [-0.05, 0) is 31.5 Å². The smallest absolute Gasteiger partial charge is 0.343 e. The molecular weight excluding hydrogens is 256 g/mol. The topological polar surface area (TPSA) is 59.6 Å². The van der Waals surface area contributed by atoms with Crippen LogP contribution in [-0.2, 0) is 4.84 Å². The monoisotopic (exact) mass is 272 g/mol. The number of hydrogen-bond donors (Lipinski definition) is 2. The molecule has 0 aliphatic rings. The molecule has 0 aromatic heterocycles. The van der Waals surface area contributed by atoms with Crippen molar-refractivity contribution in [2.45, 2.75) is 20.3 Å². The highest BCUT2D eigenvalue weighted by molar-refractivity contribution is 6.31. The van der Waals surface area contributed by atoms with Gasteiger partial charge in [-0.3, -0.25) is 4.84 Å². The number of benzene rings is 1. The molecule has 18 heavy (non-hydrogen) atoms. The second-order valence-corrected chi connectivity index (χ2v) is 3.91. The van der Waals surface area contributed by atoms with Gasteiger partial charge in [-0.15, -0.1) is 0 Å². The molecule has 0 saturated carbocycles. The van der Waals surface area contributed by atoms with E-state index >= 15 is 0 Å². The molecule has 1 rings (SSSR count). The van der Waals surface area contributed by atoms with E-state index in [2.05, 4.69) is 10.8 Å². The molecule has 2 N–H and O–H groups in total. The first-order valence-corrected chi connectivity index (χ1v) is 6.16. The van der Waals surface area contributed by atoms with E-state index in [4.69, 9.17) is 21.2 Å². The molecule has 0 spiro atoms. The van der Waals surface area contributed by atoms with E-state index in [0.29, 0.717) is 29.7 Å². The van der Waals surface area contributed by atoms with E-state index in [1.54, 1.807) is 25.1 Å². The van der Waals surface area contributed by atoms with Gasteiger partial charge >= 0.3 is 6.03 Å². The van der Waals surface area contributed by atoms with Crippen LogP contribution in [0.25, 0.3) is 0 Å². The lowest BCUT2D eigenvalue weighted by Gasteiger charge is -2.12. The number of halogens is 1. The van der Waals surface area contributed by atoms with Gasteiger partial charge in [0.05, 0.1) is 18.9 Å². The minimum atomic E-state index is -0.472. The average molecular weight is 273 g/mol. The van der Waals surface area contributed by atoms with Crippen molar-refractivity contribution in [3.8, 4) is 5.75 Å². The molecular formula is C12H17ClN2O3. The highest BCUT2D eigenvalue weighted by Crippen LogP contribution is 2.28. The number of amides is 2. The van der Waals surface area contributed by atoms with Crippen LogP contribution >= 0.6 is 11.6 Å². The Balaban J connectivity index is 2.71. The fourth-order valence-corrected chi connectivity index (χ4v) is 1.40. The number of hydrogen-bond acceptors (Lipinski definition) is 3. The second-order valence-electron chi connectivity index (χ2n) is 3.48. The second kappa shape index (κ2) is 7.79. The van der Waals surface area contributed by atoms with E-state index in [9.17, 15) is 4.79 Å². The Hall–Kier alpha value is -1.46. The molecule has 0 radical (unpaired) electrons. The molecule has 100 valence electrons. The Labute approximate surface area is 111 Å². The van der Waals surface area contributed by atoms with Crippen LogP contribution in [0.15, 0.2) is 18.2 Å². The van der Waals surface area contributed by atoms with Crippen molar-refractivity contribution >= 4 is 23.3 Å². The van der Waals surface area contributed by atoms with Crippen LogP contribution < -0.4 is 15.5 Å². The van der Waals surface area contributed by atoms with Crippen molar-refractivity contribution in [3.63, 3.8) is 0 Å². The fourth-order valence-electron chi connectivity index (χ4n) is 1.22. The maximum Gasteiger partial charge on any atom is 0.343 e. The van der Waals surface area contributed by atoms with Gasteiger partial charge in [0.25, 0.3) is 0 Å². The van der Waals surface area contributed by atoms with Gasteiger partial charge in [0.15, 0.2) is 0 Å². The summed E-state index contributed by atoms with van der Waals surface area (Å²) in [6.45, 7) is 4.74. The number of carbonyl (C=O) groups excluding carboxylic acids is 1. The molecule has 1 aromatic rings. The standard InChI is InChI=1S/C12H17ClN2O3/c1-3-7-17-11-6-5-9(13)8-10(11)14-12(16)15-18-4-2/h5-6,8H,3-4,7H2,1-2H3,(H2,14,15,16). The van der Waals surface area contributed by atoms with E-state index in [0.717, 1.165) is 6.42 Å². The molecule has 0 fully saturated rings. The van der Waals surface area contributed by atoms with Crippen LogP contribution in [0.3, 0.4) is 0 Å². The number of carbonyl (C=O) groups is 1. The van der Waals surface area contributed by atoms with Crippen molar-refractivity contribution < 1.29 is 14.4 Å². The van der Waals surface area contributed by atoms with Crippen molar-refractivity contribution in [1.29, 1.82) is 0 Å². The molecule has 1 aromatic carbocycles. The number of nitrogens with one attached hydrogen (secondary N) is 2. The van der Waals surface area contributed by atoms with Crippen molar-refractivity contribution in [3.05, 3.63) is 23.2 Å². The van der Waals surface area contributed by atoms with Gasteiger partial charge in [0.1, 0.15) is 5.75 Å². The molecule has 0 aliphatic heterocycles. The Bertz CT molecular complexity index is 399. The Morgan fingerprint density at radius 3 is 2.83 bits per heavy atom. The van der Waals surface area contributed by atoms with E-state index in [1.165, 1.54) is 0 Å². The van der Waals surface area contributed by atoms with Gasteiger partial charge in [-0.2, -0.15) is 0 Å². The summed E-state index contributed by atoms with van der Waals surface area (Å²) in [5.74, 6) is 0.577. The third kappa shape index (κ3) is 4.81. The summed E-state index contributed by atoms with van der Waals surface area (Å²) >= 11 is 5.88. The lowest BCUT2D eigenvalue weighted by atomic mass is 10.3. The quantitative estimate of drug-likeness (QED) is 0.782. The first-order valence-electron chi connectivity index (χ1n) is 5.78. The fraction of sp³-hybridized carbons (Fsp3) is 0.417. The van der Waals surface area contributed by atoms with Crippen molar-refractivity contribution in [2.24, 2.45) is 0 Å². The summed E-state index contributed by atoms with van der Waals surface area (Å²) in [5, 5.41) is 3.13. The normalized spacial score (nSPS) is 9.94. The van der Waals surface area contributed by atoms with E-state index < -0.39 is 6.03 Å². The number of anilines is 1. The summed E-state index contributed by atoms with van der Waals surface area (Å²) in [7, 11) is 0. The van der Waals surface area contributed by atoms with Crippen LogP contribution in [0.5, 0.6) is 5.75 Å². The lowest BCUT2D eigenvalue weighted by molar-refractivity contribution is 0.0758. The summed E-state index contributed by atoms with van der Waals surface area (Å²) < 4.78 is 5.50. The summed E-state index contributed by atoms with van der Waals surface area (Å²) in [5.41, 5.74) is 2.74. The SMILES string of the molecule is CCCOc1ccc(Cl)cc1NC(=O)NOCC. The third-order valence-electron chi connectivity index (χ3n) is 1.96. The molecule has 0 bridgehead atoms. The first kappa shape index (κ1) is 14.6. The highest BCUT2D eigenvalue weighted by Gasteiger charge is 2.08. The lowest BCUT2D eigenvalue weighted by Crippen LogP contribution is -2.29. The molecule has 0 saturated heterocycles. The summed E-state index contributed by atoms with van der Waals surface area (Å²) in [4.78, 5) is 16.2. The molecule has 2 amide bonds. The maximum absolute atomic E-state index is 11.5. The zero-order valence-electron chi connectivity index (χ0n) is 10.5. The predicted octanol–water partition coefficient (Wildman–Crippen LogP) is 3.20. The van der Waals surface area contributed by atoms with Gasteiger partial charge in [0, 0.05) is 5.02 Å². The molecule has 0 aliphatic carbocycles. The van der Waals surface area contributed by atoms with Gasteiger partial charge in [-0.1, -0.05) is 18.5 Å².